The molecule has 130 valence electrons. The number of hydrogen-bond donors (Lipinski definition) is 1. The van der Waals surface area contributed by atoms with E-state index in [0.717, 1.165) is 30.4 Å². The van der Waals surface area contributed by atoms with Gasteiger partial charge in [0.05, 0.1) is 17.8 Å². The largest absolute Gasteiger partial charge is 0.424 e. The summed E-state index contributed by atoms with van der Waals surface area (Å²) in [5.74, 6) is 1.30. The molecule has 1 atom stereocenters. The summed E-state index contributed by atoms with van der Waals surface area (Å²) in [7, 11) is 0. The van der Waals surface area contributed by atoms with Crippen molar-refractivity contribution in [3.63, 3.8) is 0 Å². The van der Waals surface area contributed by atoms with Crippen LogP contribution in [0.4, 0.5) is 0 Å². The molecule has 0 saturated carbocycles. The number of nitrogens with one attached hydrogen (secondary N) is 1. The summed E-state index contributed by atoms with van der Waals surface area (Å²) < 4.78 is 5.78. The molecular formula is C20H19N5O. The van der Waals surface area contributed by atoms with Crippen LogP contribution >= 0.6 is 0 Å². The van der Waals surface area contributed by atoms with E-state index >= 15 is 0 Å². The third-order valence-corrected chi connectivity index (χ3v) is 5.06. The number of aryl methyl sites for hydroxylation is 1. The molecule has 1 aliphatic heterocycles. The first kappa shape index (κ1) is 15.3. The van der Waals surface area contributed by atoms with E-state index in [-0.39, 0.29) is 6.04 Å². The van der Waals surface area contributed by atoms with Crippen molar-refractivity contribution in [2.45, 2.75) is 32.5 Å². The van der Waals surface area contributed by atoms with Gasteiger partial charge in [-0.1, -0.05) is 36.4 Å². The molecular weight excluding hydrogens is 326 g/mol. The van der Waals surface area contributed by atoms with E-state index < -0.39 is 0 Å². The maximum Gasteiger partial charge on any atom is 0.233 e. The summed E-state index contributed by atoms with van der Waals surface area (Å²) >= 11 is 0. The zero-order valence-corrected chi connectivity index (χ0v) is 14.5. The molecule has 5 rings (SSSR count). The Bertz CT molecular complexity index is 1070. The second kappa shape index (κ2) is 6.07. The summed E-state index contributed by atoms with van der Waals surface area (Å²) in [4.78, 5) is 2.41. The van der Waals surface area contributed by atoms with Gasteiger partial charge in [0.1, 0.15) is 0 Å². The SMILES string of the molecule is Cc1nnc(C2Cc3ccccc3CN2Cc2ccc3cn[nH]c3c2)o1. The van der Waals surface area contributed by atoms with E-state index in [1.165, 1.54) is 16.7 Å². The first-order valence-corrected chi connectivity index (χ1v) is 8.79. The number of aromatic nitrogens is 4. The third-order valence-electron chi connectivity index (χ3n) is 5.06. The number of rotatable bonds is 3. The number of H-pyrrole nitrogens is 1. The van der Waals surface area contributed by atoms with Gasteiger partial charge in [-0.25, -0.2) is 0 Å². The lowest BCUT2D eigenvalue weighted by atomic mass is 9.93. The molecule has 0 aliphatic carbocycles. The van der Waals surface area contributed by atoms with Crippen molar-refractivity contribution < 1.29 is 4.42 Å². The standard InChI is InChI=1S/C20H19N5O/c1-13-22-24-20(26-13)19-9-15-4-2-3-5-17(15)12-25(19)11-14-6-7-16-10-21-23-18(16)8-14/h2-8,10,19H,9,11-12H2,1H3,(H,21,23). The molecule has 3 heterocycles. The first-order chi connectivity index (χ1) is 12.8. The van der Waals surface area contributed by atoms with Crippen LogP contribution in [0, 0.1) is 6.92 Å². The Balaban J connectivity index is 1.50. The Morgan fingerprint density at radius 3 is 2.88 bits per heavy atom. The van der Waals surface area contributed by atoms with Crippen LogP contribution in [0.15, 0.2) is 53.1 Å². The number of benzene rings is 2. The lowest BCUT2D eigenvalue weighted by molar-refractivity contribution is 0.137. The molecule has 26 heavy (non-hydrogen) atoms. The minimum atomic E-state index is 0.0866. The molecule has 0 radical (unpaired) electrons. The van der Waals surface area contributed by atoms with Crippen LogP contribution in [-0.2, 0) is 19.5 Å². The number of nitrogens with zero attached hydrogens (tertiary/aromatic N) is 4. The molecule has 6 nitrogen and oxygen atoms in total. The average molecular weight is 345 g/mol. The van der Waals surface area contributed by atoms with Crippen molar-refractivity contribution in [3.8, 4) is 0 Å². The Labute approximate surface area is 150 Å². The van der Waals surface area contributed by atoms with E-state index in [9.17, 15) is 0 Å². The smallest absolute Gasteiger partial charge is 0.233 e. The summed E-state index contributed by atoms with van der Waals surface area (Å²) in [5, 5.41) is 16.6. The van der Waals surface area contributed by atoms with E-state index in [2.05, 4.69) is 67.8 Å². The fraction of sp³-hybridized carbons (Fsp3) is 0.250. The lowest BCUT2D eigenvalue weighted by Crippen LogP contribution is -2.34. The van der Waals surface area contributed by atoms with Gasteiger partial charge in [-0.3, -0.25) is 10.00 Å². The molecule has 0 fully saturated rings. The number of hydrogen-bond acceptors (Lipinski definition) is 5. The molecule has 0 amide bonds. The first-order valence-electron chi connectivity index (χ1n) is 8.79. The van der Waals surface area contributed by atoms with Gasteiger partial charge in [-0.15, -0.1) is 10.2 Å². The van der Waals surface area contributed by atoms with Gasteiger partial charge in [0.2, 0.25) is 11.8 Å². The molecule has 2 aromatic carbocycles. The van der Waals surface area contributed by atoms with Gasteiger partial charge in [-0.05, 0) is 29.2 Å². The highest BCUT2D eigenvalue weighted by Crippen LogP contribution is 2.34. The van der Waals surface area contributed by atoms with Crippen molar-refractivity contribution in [2.75, 3.05) is 0 Å². The topological polar surface area (TPSA) is 70.8 Å². The van der Waals surface area contributed by atoms with Crippen molar-refractivity contribution in [2.24, 2.45) is 0 Å². The lowest BCUT2D eigenvalue weighted by Gasteiger charge is -2.35. The minimum Gasteiger partial charge on any atom is -0.424 e. The second-order valence-corrected chi connectivity index (χ2v) is 6.84. The summed E-state index contributed by atoms with van der Waals surface area (Å²) in [6.45, 7) is 3.52. The van der Waals surface area contributed by atoms with Gasteiger partial charge in [0.15, 0.2) is 0 Å². The van der Waals surface area contributed by atoms with Gasteiger partial charge in [-0.2, -0.15) is 5.10 Å². The Morgan fingerprint density at radius 2 is 2.04 bits per heavy atom. The molecule has 1 N–H and O–H groups in total. The molecule has 1 unspecified atom stereocenters. The van der Waals surface area contributed by atoms with Crippen LogP contribution in [0.1, 0.15) is 34.5 Å². The summed E-state index contributed by atoms with van der Waals surface area (Å²) in [5.41, 5.74) is 5.02. The third kappa shape index (κ3) is 2.68. The predicted molar refractivity (Wildman–Crippen MR) is 97.3 cm³/mol. The van der Waals surface area contributed by atoms with Crippen molar-refractivity contribution in [1.29, 1.82) is 0 Å². The normalized spacial score (nSPS) is 17.5. The molecule has 2 aromatic heterocycles. The summed E-state index contributed by atoms with van der Waals surface area (Å²) in [6, 6.07) is 15.1. The van der Waals surface area contributed by atoms with Crippen LogP contribution in [0.2, 0.25) is 0 Å². The Morgan fingerprint density at radius 1 is 1.15 bits per heavy atom. The maximum atomic E-state index is 5.78. The van der Waals surface area contributed by atoms with Crippen LogP contribution in [0.5, 0.6) is 0 Å². The van der Waals surface area contributed by atoms with Crippen LogP contribution in [0.3, 0.4) is 0 Å². The van der Waals surface area contributed by atoms with Gasteiger partial charge >= 0.3 is 0 Å². The van der Waals surface area contributed by atoms with Gasteiger partial charge in [0.25, 0.3) is 0 Å². The monoisotopic (exact) mass is 345 g/mol. The number of fused-ring (bicyclic) bond motifs is 2. The highest BCUT2D eigenvalue weighted by Gasteiger charge is 2.31. The van der Waals surface area contributed by atoms with Crippen LogP contribution in [-0.4, -0.2) is 25.3 Å². The van der Waals surface area contributed by atoms with E-state index in [1.54, 1.807) is 0 Å². The zero-order chi connectivity index (χ0) is 17.5. The maximum absolute atomic E-state index is 5.78. The van der Waals surface area contributed by atoms with E-state index in [0.29, 0.717) is 11.8 Å². The Kier molecular flexibility index (Phi) is 3.57. The molecule has 4 aromatic rings. The molecule has 6 heteroatoms. The van der Waals surface area contributed by atoms with Gasteiger partial charge in [0, 0.05) is 25.4 Å². The molecule has 1 aliphatic rings. The van der Waals surface area contributed by atoms with Crippen molar-refractivity contribution >= 4 is 10.9 Å². The second-order valence-electron chi connectivity index (χ2n) is 6.84. The predicted octanol–water partition coefficient (Wildman–Crippen LogP) is 3.55. The average Bonchev–Trinajstić information content (AvgIpc) is 3.29. The number of aromatic amines is 1. The summed E-state index contributed by atoms with van der Waals surface area (Å²) in [6.07, 6.45) is 2.73. The molecule has 0 spiro atoms. The zero-order valence-electron chi connectivity index (χ0n) is 14.5. The minimum absolute atomic E-state index is 0.0866. The fourth-order valence-corrected chi connectivity index (χ4v) is 3.75. The molecule has 0 bridgehead atoms. The highest BCUT2D eigenvalue weighted by molar-refractivity contribution is 5.78. The highest BCUT2D eigenvalue weighted by atomic mass is 16.4. The quantitative estimate of drug-likeness (QED) is 0.615. The Hall–Kier alpha value is -2.99. The van der Waals surface area contributed by atoms with Crippen molar-refractivity contribution in [3.05, 3.63) is 77.1 Å². The fourth-order valence-electron chi connectivity index (χ4n) is 3.75. The van der Waals surface area contributed by atoms with Crippen LogP contribution < -0.4 is 0 Å². The van der Waals surface area contributed by atoms with E-state index in [4.69, 9.17) is 4.42 Å². The van der Waals surface area contributed by atoms with E-state index in [1.807, 2.05) is 13.1 Å². The van der Waals surface area contributed by atoms with Crippen LogP contribution in [0.25, 0.3) is 10.9 Å². The van der Waals surface area contributed by atoms with Crippen molar-refractivity contribution in [1.82, 2.24) is 25.3 Å². The molecule has 0 saturated heterocycles. The van der Waals surface area contributed by atoms with Gasteiger partial charge < -0.3 is 4.42 Å².